The second-order valence-corrected chi connectivity index (χ2v) is 8.90. The van der Waals surface area contributed by atoms with Gasteiger partial charge in [0.2, 0.25) is 0 Å². The Hall–Kier alpha value is -2.98. The van der Waals surface area contributed by atoms with Crippen molar-refractivity contribution in [3.8, 4) is 11.5 Å². The summed E-state index contributed by atoms with van der Waals surface area (Å²) < 4.78 is 33.7. The van der Waals surface area contributed by atoms with Gasteiger partial charge in [0.25, 0.3) is 5.09 Å². The van der Waals surface area contributed by atoms with Gasteiger partial charge >= 0.3 is 11.9 Å². The van der Waals surface area contributed by atoms with Crippen LogP contribution in [0.5, 0.6) is 11.5 Å². The third-order valence-corrected chi connectivity index (χ3v) is 6.73. The van der Waals surface area contributed by atoms with E-state index < -0.39 is 46.6 Å². The van der Waals surface area contributed by atoms with Crippen LogP contribution in [0.3, 0.4) is 0 Å². The predicted molar refractivity (Wildman–Crippen MR) is 105 cm³/mol. The standard InChI is InChI=1S/C21H25F2NO8/c1-20(2)13-10-14(20)15(25)9-12(13)18-16(26)7-11(8-17(18)27)21(22,23)19(28)31-5-3-4-6-32-24(29)30/h7-8,12-14,26-27H,3-6,9-10H2,1-2H3/t12-,13-,14+/m1/s1. The fourth-order valence-electron chi connectivity index (χ4n) is 4.89. The van der Waals surface area contributed by atoms with Gasteiger partial charge in [0.1, 0.15) is 17.3 Å². The van der Waals surface area contributed by atoms with E-state index in [2.05, 4.69) is 9.57 Å². The molecule has 2 bridgehead atoms. The molecule has 11 heteroatoms. The Morgan fingerprint density at radius 2 is 1.84 bits per heavy atom. The molecular weight excluding hydrogens is 432 g/mol. The van der Waals surface area contributed by atoms with E-state index in [1.54, 1.807) is 0 Å². The number of ketones is 1. The van der Waals surface area contributed by atoms with Crippen LogP contribution in [0.15, 0.2) is 12.1 Å². The number of Topliss-reactive ketones (excluding diaryl/α,β-unsaturated/α-hetero) is 1. The van der Waals surface area contributed by atoms with Gasteiger partial charge in [-0.05, 0) is 42.7 Å². The molecule has 0 saturated heterocycles. The van der Waals surface area contributed by atoms with E-state index in [4.69, 9.17) is 0 Å². The number of phenolic OH excluding ortho intramolecular Hbond substituents is 2. The number of hydrogen-bond donors (Lipinski definition) is 2. The lowest BCUT2D eigenvalue weighted by atomic mass is 9.44. The highest BCUT2D eigenvalue weighted by atomic mass is 19.3. The minimum Gasteiger partial charge on any atom is -0.508 e. The van der Waals surface area contributed by atoms with Crippen molar-refractivity contribution in [2.45, 2.75) is 51.4 Å². The number of fused-ring (bicyclic) bond motifs is 2. The highest BCUT2D eigenvalue weighted by Crippen LogP contribution is 2.64. The maximum absolute atomic E-state index is 14.6. The zero-order valence-corrected chi connectivity index (χ0v) is 17.7. The smallest absolute Gasteiger partial charge is 0.381 e. The molecule has 0 radical (unpaired) electrons. The Morgan fingerprint density at radius 3 is 2.38 bits per heavy atom. The number of phenols is 2. The third-order valence-electron chi connectivity index (χ3n) is 6.73. The molecule has 4 rings (SSSR count). The van der Waals surface area contributed by atoms with Crippen molar-refractivity contribution in [1.82, 2.24) is 0 Å². The molecule has 32 heavy (non-hydrogen) atoms. The fraction of sp³-hybridized carbons (Fsp3) is 0.619. The Balaban J connectivity index is 1.70. The molecule has 1 aromatic carbocycles. The van der Waals surface area contributed by atoms with E-state index in [1.165, 1.54) is 0 Å². The average Bonchev–Trinajstić information content (AvgIpc) is 2.68. The molecule has 3 aliphatic rings. The number of hydrogen-bond acceptors (Lipinski definition) is 8. The fourth-order valence-corrected chi connectivity index (χ4v) is 4.89. The van der Waals surface area contributed by atoms with Gasteiger partial charge in [0.05, 0.1) is 13.2 Å². The van der Waals surface area contributed by atoms with Gasteiger partial charge in [-0.1, -0.05) is 13.8 Å². The van der Waals surface area contributed by atoms with E-state index in [0.717, 1.165) is 0 Å². The highest BCUT2D eigenvalue weighted by molar-refractivity contribution is 5.86. The molecule has 0 amide bonds. The zero-order chi connectivity index (χ0) is 23.8. The van der Waals surface area contributed by atoms with Crippen LogP contribution in [0.4, 0.5) is 8.78 Å². The molecule has 176 valence electrons. The Kier molecular flexibility index (Phi) is 6.30. The summed E-state index contributed by atoms with van der Waals surface area (Å²) in [5.41, 5.74) is -1.21. The number of unbranched alkanes of at least 4 members (excludes halogenated alkanes) is 1. The van der Waals surface area contributed by atoms with Crippen molar-refractivity contribution in [2.75, 3.05) is 13.2 Å². The van der Waals surface area contributed by atoms with E-state index >= 15 is 0 Å². The molecular formula is C21H25F2NO8. The van der Waals surface area contributed by atoms with Crippen molar-refractivity contribution >= 4 is 11.8 Å². The first-order valence-electron chi connectivity index (χ1n) is 10.3. The number of esters is 1. The largest absolute Gasteiger partial charge is 0.508 e. The number of benzene rings is 1. The summed E-state index contributed by atoms with van der Waals surface area (Å²) in [5.74, 6) is -7.79. The summed E-state index contributed by atoms with van der Waals surface area (Å²) in [6, 6.07) is 1.42. The van der Waals surface area contributed by atoms with Crippen molar-refractivity contribution < 1.29 is 43.2 Å². The third kappa shape index (κ3) is 4.20. The Labute approximate surface area is 182 Å². The van der Waals surface area contributed by atoms with Crippen LogP contribution in [-0.2, 0) is 25.1 Å². The second kappa shape index (κ2) is 8.51. The number of halogens is 2. The van der Waals surface area contributed by atoms with E-state index in [0.29, 0.717) is 18.6 Å². The average molecular weight is 457 g/mol. The summed E-state index contributed by atoms with van der Waals surface area (Å²) in [7, 11) is 0. The Bertz CT molecular complexity index is 909. The first kappa shape index (κ1) is 23.7. The number of rotatable bonds is 9. The van der Waals surface area contributed by atoms with Crippen LogP contribution < -0.4 is 0 Å². The first-order chi connectivity index (χ1) is 14.9. The molecule has 3 fully saturated rings. The molecule has 0 aromatic heterocycles. The number of ether oxygens (including phenoxy) is 1. The van der Waals surface area contributed by atoms with Gasteiger partial charge in [0.15, 0.2) is 0 Å². The lowest BCUT2D eigenvalue weighted by Crippen LogP contribution is -2.56. The maximum Gasteiger partial charge on any atom is 0.381 e. The van der Waals surface area contributed by atoms with E-state index in [1.807, 2.05) is 13.8 Å². The monoisotopic (exact) mass is 457 g/mol. The minimum atomic E-state index is -4.14. The predicted octanol–water partition coefficient (Wildman–Crippen LogP) is 3.44. The van der Waals surface area contributed by atoms with Crippen molar-refractivity contribution in [3.63, 3.8) is 0 Å². The highest BCUT2D eigenvalue weighted by Gasteiger charge is 2.59. The molecule has 0 spiro atoms. The SMILES string of the molecule is CC1(C)[C@@H]2C[C@H]1C(=O)C[C@H]2c1c(O)cc(C(F)(F)C(=O)OCCCCO[N+](=O)[O-])cc1O. The molecule has 1 aromatic rings. The first-order valence-corrected chi connectivity index (χ1v) is 10.3. The number of alkyl halides is 2. The minimum absolute atomic E-state index is 0.0117. The molecule has 3 aliphatic carbocycles. The lowest BCUT2D eigenvalue weighted by Gasteiger charge is -2.59. The van der Waals surface area contributed by atoms with Crippen LogP contribution in [-0.4, -0.2) is 40.3 Å². The summed E-state index contributed by atoms with van der Waals surface area (Å²) in [5, 5.41) is 29.9. The lowest BCUT2D eigenvalue weighted by molar-refractivity contribution is -0.757. The summed E-state index contributed by atoms with van der Waals surface area (Å²) in [6.07, 6.45) is 0.914. The van der Waals surface area contributed by atoms with Crippen LogP contribution in [0.1, 0.15) is 56.6 Å². The van der Waals surface area contributed by atoms with Crippen LogP contribution in [0, 0.1) is 27.4 Å². The number of carbonyl (C=O) groups excluding carboxylic acids is 2. The molecule has 0 unspecified atom stereocenters. The summed E-state index contributed by atoms with van der Waals surface area (Å²) in [4.78, 5) is 38.3. The molecule has 2 N–H and O–H groups in total. The molecule has 3 atom stereocenters. The second-order valence-electron chi connectivity index (χ2n) is 8.90. The molecule has 0 aliphatic heterocycles. The van der Waals surface area contributed by atoms with Gasteiger partial charge < -0.3 is 19.8 Å². The summed E-state index contributed by atoms with van der Waals surface area (Å²) in [6.45, 7) is 3.21. The Morgan fingerprint density at radius 1 is 1.25 bits per heavy atom. The van der Waals surface area contributed by atoms with Crippen LogP contribution >= 0.6 is 0 Å². The van der Waals surface area contributed by atoms with Gasteiger partial charge in [0, 0.05) is 29.4 Å². The van der Waals surface area contributed by atoms with Gasteiger partial charge in [-0.3, -0.25) is 4.79 Å². The molecule has 9 nitrogen and oxygen atoms in total. The van der Waals surface area contributed by atoms with Gasteiger partial charge in [-0.2, -0.15) is 8.78 Å². The maximum atomic E-state index is 14.6. The van der Waals surface area contributed by atoms with E-state index in [-0.39, 0.29) is 54.5 Å². The summed E-state index contributed by atoms with van der Waals surface area (Å²) >= 11 is 0. The van der Waals surface area contributed by atoms with Crippen molar-refractivity contribution in [1.29, 1.82) is 0 Å². The number of carbonyl (C=O) groups is 2. The van der Waals surface area contributed by atoms with Crippen LogP contribution in [0.2, 0.25) is 0 Å². The normalized spacial score (nSPS) is 23.9. The number of nitrogens with zero attached hydrogens (tertiary/aromatic N) is 1. The van der Waals surface area contributed by atoms with Gasteiger partial charge in [-0.25, -0.2) is 4.79 Å². The van der Waals surface area contributed by atoms with E-state index in [9.17, 15) is 38.7 Å². The molecule has 0 heterocycles. The van der Waals surface area contributed by atoms with Gasteiger partial charge in [-0.15, -0.1) is 10.1 Å². The van der Waals surface area contributed by atoms with Crippen molar-refractivity contribution in [2.24, 2.45) is 17.3 Å². The zero-order valence-electron chi connectivity index (χ0n) is 17.7. The van der Waals surface area contributed by atoms with Crippen LogP contribution in [0.25, 0.3) is 0 Å². The topological polar surface area (TPSA) is 136 Å². The molecule has 3 saturated carbocycles. The van der Waals surface area contributed by atoms with Crippen molar-refractivity contribution in [3.05, 3.63) is 33.4 Å². The number of aromatic hydroxyl groups is 2. The quantitative estimate of drug-likeness (QED) is 0.249.